The number of halogens is 2. The van der Waals surface area contributed by atoms with Crippen molar-refractivity contribution in [3.63, 3.8) is 0 Å². The van der Waals surface area contributed by atoms with Gasteiger partial charge >= 0.3 is 0 Å². The normalized spacial score (nSPS) is 12.2. The highest BCUT2D eigenvalue weighted by molar-refractivity contribution is 6.35. The number of rotatable bonds is 4. The van der Waals surface area contributed by atoms with Crippen LogP contribution in [0.4, 0.5) is 0 Å². The number of methoxy groups -OCH3 is 1. The topological polar surface area (TPSA) is 64.3 Å². The first-order valence-corrected chi connectivity index (χ1v) is 5.26. The summed E-state index contributed by atoms with van der Waals surface area (Å²) in [4.78, 5) is 11.2. The van der Waals surface area contributed by atoms with Crippen LogP contribution in [0.1, 0.15) is 11.6 Å². The monoisotopic (exact) mass is 262 g/mol. The van der Waals surface area contributed by atoms with E-state index < -0.39 is 11.9 Å². The van der Waals surface area contributed by atoms with Gasteiger partial charge in [0.05, 0.1) is 12.1 Å². The molecule has 0 aliphatic heterocycles. The molecule has 0 aliphatic carbocycles. The molecule has 0 fully saturated rings. The third kappa shape index (κ3) is 2.58. The van der Waals surface area contributed by atoms with Crippen LogP contribution in [0, 0.1) is 0 Å². The van der Waals surface area contributed by atoms with E-state index in [0.29, 0.717) is 21.4 Å². The van der Waals surface area contributed by atoms with Crippen LogP contribution in [-0.4, -0.2) is 20.1 Å². The van der Waals surface area contributed by atoms with E-state index in [1.165, 1.54) is 7.11 Å². The Morgan fingerprint density at radius 3 is 2.56 bits per heavy atom. The van der Waals surface area contributed by atoms with Gasteiger partial charge in [0.25, 0.3) is 0 Å². The first-order valence-electron chi connectivity index (χ1n) is 4.50. The van der Waals surface area contributed by atoms with Crippen LogP contribution in [0.2, 0.25) is 10.0 Å². The maximum atomic E-state index is 11.2. The molecule has 0 aliphatic rings. The van der Waals surface area contributed by atoms with Crippen LogP contribution in [0.25, 0.3) is 0 Å². The third-order valence-electron chi connectivity index (χ3n) is 2.13. The SMILES string of the molecule is CNC(C(N)=O)c1cc(Cl)cc(Cl)c1OC. The number of carbonyl (C=O) groups is 1. The molecule has 1 rings (SSSR count). The molecule has 0 heterocycles. The van der Waals surface area contributed by atoms with Gasteiger partial charge < -0.3 is 15.8 Å². The molecule has 1 aromatic rings. The molecule has 6 heteroatoms. The summed E-state index contributed by atoms with van der Waals surface area (Å²) in [6.45, 7) is 0. The average Bonchev–Trinajstić information content (AvgIpc) is 2.17. The summed E-state index contributed by atoms with van der Waals surface area (Å²) in [5.41, 5.74) is 5.78. The van der Waals surface area contributed by atoms with Crippen molar-refractivity contribution in [1.29, 1.82) is 0 Å². The molecule has 3 N–H and O–H groups in total. The Balaban J connectivity index is 3.34. The Morgan fingerprint density at radius 2 is 2.12 bits per heavy atom. The second-order valence-electron chi connectivity index (χ2n) is 3.13. The summed E-state index contributed by atoms with van der Waals surface area (Å²) >= 11 is 11.8. The lowest BCUT2D eigenvalue weighted by Crippen LogP contribution is -2.31. The van der Waals surface area contributed by atoms with Gasteiger partial charge in [0, 0.05) is 10.6 Å². The minimum atomic E-state index is -0.689. The van der Waals surface area contributed by atoms with Gasteiger partial charge in [0.15, 0.2) is 0 Å². The van der Waals surface area contributed by atoms with Crippen molar-refractivity contribution in [2.24, 2.45) is 5.73 Å². The van der Waals surface area contributed by atoms with Crippen LogP contribution >= 0.6 is 23.2 Å². The zero-order valence-corrected chi connectivity index (χ0v) is 10.4. The Hall–Kier alpha value is -0.970. The minimum Gasteiger partial charge on any atom is -0.495 e. The Bertz CT molecular complexity index is 410. The van der Waals surface area contributed by atoms with Gasteiger partial charge in [-0.05, 0) is 19.2 Å². The fourth-order valence-electron chi connectivity index (χ4n) is 1.46. The molecule has 1 aromatic carbocycles. The van der Waals surface area contributed by atoms with Crippen LogP contribution in [0.3, 0.4) is 0 Å². The van der Waals surface area contributed by atoms with Gasteiger partial charge in [-0.25, -0.2) is 0 Å². The Morgan fingerprint density at radius 1 is 1.50 bits per heavy atom. The average molecular weight is 263 g/mol. The summed E-state index contributed by atoms with van der Waals surface area (Å²) in [6, 6.07) is 2.45. The lowest BCUT2D eigenvalue weighted by Gasteiger charge is -2.17. The number of nitrogens with two attached hydrogens (primary N) is 1. The van der Waals surface area contributed by atoms with E-state index in [4.69, 9.17) is 33.7 Å². The highest BCUT2D eigenvalue weighted by Gasteiger charge is 2.22. The second-order valence-corrected chi connectivity index (χ2v) is 3.98. The molecule has 0 bridgehead atoms. The molecule has 0 saturated carbocycles. The Labute approximate surface area is 104 Å². The summed E-state index contributed by atoms with van der Waals surface area (Å²) in [7, 11) is 3.08. The van der Waals surface area contributed by atoms with E-state index in [1.807, 2.05) is 0 Å². The smallest absolute Gasteiger partial charge is 0.239 e. The molecule has 0 aromatic heterocycles. The molecule has 0 saturated heterocycles. The zero-order chi connectivity index (χ0) is 12.3. The molecular formula is C10H12Cl2N2O2. The molecule has 88 valence electrons. The number of likely N-dealkylation sites (N-methyl/N-ethyl adjacent to an activating group) is 1. The van der Waals surface area contributed by atoms with Crippen molar-refractivity contribution in [3.8, 4) is 5.75 Å². The van der Waals surface area contributed by atoms with Crippen molar-refractivity contribution in [2.75, 3.05) is 14.2 Å². The van der Waals surface area contributed by atoms with Crippen molar-refractivity contribution in [2.45, 2.75) is 6.04 Å². The maximum Gasteiger partial charge on any atom is 0.239 e. The van der Waals surface area contributed by atoms with Gasteiger partial charge in [0.2, 0.25) is 5.91 Å². The zero-order valence-electron chi connectivity index (χ0n) is 8.88. The van der Waals surface area contributed by atoms with Gasteiger partial charge in [-0.2, -0.15) is 0 Å². The molecule has 1 unspecified atom stereocenters. The fraction of sp³-hybridized carbons (Fsp3) is 0.300. The molecule has 1 amide bonds. The van der Waals surface area contributed by atoms with Gasteiger partial charge in [-0.15, -0.1) is 0 Å². The number of benzene rings is 1. The number of primary amides is 1. The maximum absolute atomic E-state index is 11.2. The summed E-state index contributed by atoms with van der Waals surface area (Å²) < 4.78 is 5.13. The number of amides is 1. The van der Waals surface area contributed by atoms with Crippen LogP contribution < -0.4 is 15.8 Å². The van der Waals surface area contributed by atoms with E-state index in [0.717, 1.165) is 0 Å². The second kappa shape index (κ2) is 5.39. The molecule has 0 radical (unpaired) electrons. The van der Waals surface area contributed by atoms with E-state index in [2.05, 4.69) is 5.32 Å². The molecule has 0 spiro atoms. The molecule has 4 nitrogen and oxygen atoms in total. The Kier molecular flexibility index (Phi) is 4.41. The summed E-state index contributed by atoms with van der Waals surface area (Å²) in [5.74, 6) is -0.136. The molecule has 1 atom stereocenters. The number of hydrogen-bond donors (Lipinski definition) is 2. The number of carbonyl (C=O) groups excluding carboxylic acids is 1. The lowest BCUT2D eigenvalue weighted by molar-refractivity contribution is -0.120. The quantitative estimate of drug-likeness (QED) is 0.869. The highest BCUT2D eigenvalue weighted by atomic mass is 35.5. The van der Waals surface area contributed by atoms with Gasteiger partial charge in [-0.3, -0.25) is 4.79 Å². The number of nitrogens with one attached hydrogen (secondary N) is 1. The fourth-order valence-corrected chi connectivity index (χ4v) is 2.05. The first-order chi connectivity index (χ1) is 7.51. The minimum absolute atomic E-state index is 0.339. The standard InChI is InChI=1S/C10H12Cl2N2O2/c1-14-8(10(13)15)6-3-5(11)4-7(12)9(6)16-2/h3-4,8,14H,1-2H3,(H2,13,15). The first kappa shape index (κ1) is 13.1. The van der Waals surface area contributed by atoms with Crippen molar-refractivity contribution in [1.82, 2.24) is 5.32 Å². The van der Waals surface area contributed by atoms with Gasteiger partial charge in [0.1, 0.15) is 11.8 Å². The van der Waals surface area contributed by atoms with E-state index >= 15 is 0 Å². The molecular weight excluding hydrogens is 251 g/mol. The van der Waals surface area contributed by atoms with Crippen LogP contribution in [0.5, 0.6) is 5.75 Å². The van der Waals surface area contributed by atoms with Crippen molar-refractivity contribution >= 4 is 29.1 Å². The predicted octanol–water partition coefficient (Wildman–Crippen LogP) is 1.75. The van der Waals surface area contributed by atoms with Crippen LogP contribution in [-0.2, 0) is 4.79 Å². The largest absolute Gasteiger partial charge is 0.495 e. The predicted molar refractivity (Wildman–Crippen MR) is 64.0 cm³/mol. The van der Waals surface area contributed by atoms with Crippen molar-refractivity contribution < 1.29 is 9.53 Å². The van der Waals surface area contributed by atoms with E-state index in [-0.39, 0.29) is 0 Å². The number of ether oxygens (including phenoxy) is 1. The van der Waals surface area contributed by atoms with Crippen molar-refractivity contribution in [3.05, 3.63) is 27.7 Å². The van der Waals surface area contributed by atoms with Gasteiger partial charge in [-0.1, -0.05) is 23.2 Å². The summed E-state index contributed by atoms with van der Waals surface area (Å²) in [5, 5.41) is 3.53. The number of hydrogen-bond acceptors (Lipinski definition) is 3. The van der Waals surface area contributed by atoms with Crippen LogP contribution in [0.15, 0.2) is 12.1 Å². The van der Waals surface area contributed by atoms with E-state index in [1.54, 1.807) is 19.2 Å². The summed E-state index contributed by atoms with van der Waals surface area (Å²) in [6.07, 6.45) is 0. The highest BCUT2D eigenvalue weighted by Crippen LogP contribution is 2.35. The lowest BCUT2D eigenvalue weighted by atomic mass is 10.1. The van der Waals surface area contributed by atoms with E-state index in [9.17, 15) is 4.79 Å². The third-order valence-corrected chi connectivity index (χ3v) is 2.62. The molecule has 16 heavy (non-hydrogen) atoms.